The van der Waals surface area contributed by atoms with Gasteiger partial charge in [-0.3, -0.25) is 33.2 Å². The van der Waals surface area contributed by atoms with E-state index in [2.05, 4.69) is 10.6 Å². The number of amides is 2. The van der Waals surface area contributed by atoms with E-state index in [0.717, 1.165) is 47.3 Å². The third-order valence-corrected chi connectivity index (χ3v) is 11.8. The van der Waals surface area contributed by atoms with Crippen LogP contribution >= 0.6 is 0 Å². The van der Waals surface area contributed by atoms with Crippen molar-refractivity contribution in [3.8, 4) is 22.9 Å². The van der Waals surface area contributed by atoms with Gasteiger partial charge in [-0.1, -0.05) is 85.6 Å². The number of esters is 3. The number of nitrogens with one attached hydrogen (secondary N) is 2. The number of aromatic nitrogens is 3. The van der Waals surface area contributed by atoms with Gasteiger partial charge in [-0.2, -0.15) is 0 Å². The van der Waals surface area contributed by atoms with Crippen LogP contribution in [0.25, 0.3) is 16.9 Å². The summed E-state index contributed by atoms with van der Waals surface area (Å²) >= 11 is 0. The summed E-state index contributed by atoms with van der Waals surface area (Å²) in [5.41, 5.74) is 2.78. The summed E-state index contributed by atoms with van der Waals surface area (Å²) in [6, 6.07) is 26.0. The fourth-order valence-electron chi connectivity index (χ4n) is 8.48. The Morgan fingerprint density at radius 3 is 1.74 bits per heavy atom. The highest BCUT2D eigenvalue weighted by Gasteiger charge is 2.35. The van der Waals surface area contributed by atoms with Crippen LogP contribution in [0.3, 0.4) is 0 Å². The molecule has 0 aliphatic heterocycles. The molecule has 0 fully saturated rings. The molecule has 3 atom stereocenters. The standard InChI is InChI=1S/C60H77N5O12/c1-39(66)30-43(35-51(68)75-58(2,3)4)56(72)64-46(37-53(70)77-60(8,9)10)50(67)34-44(36-52(69)76-59(5,6)7)55(71)61-28-19-11-12-20-29-74-45-27-21-24-41(31-45)33-48-57(73)65-38-49(42-25-17-14-18-26-42)62-47(54(65)63-48)32-40-22-15-13-16-23-40/h13-18,21-27,31,38,43-44,46,73H,11-12,19-20,28-30,32-37H2,1-10H3,(H,61,71)(H,64,72)/t43-,44-,46-/m0/s1. The number of ether oxygens (including phenoxy) is 4. The van der Waals surface area contributed by atoms with Crippen molar-refractivity contribution in [1.29, 1.82) is 0 Å². The summed E-state index contributed by atoms with van der Waals surface area (Å²) in [5, 5.41) is 16.9. The number of imidazole rings is 1. The van der Waals surface area contributed by atoms with Gasteiger partial charge in [0.05, 0.1) is 55.1 Å². The van der Waals surface area contributed by atoms with Gasteiger partial charge >= 0.3 is 17.9 Å². The summed E-state index contributed by atoms with van der Waals surface area (Å²) < 4.78 is 24.2. The van der Waals surface area contributed by atoms with Gasteiger partial charge in [-0.15, -0.1) is 0 Å². The van der Waals surface area contributed by atoms with E-state index in [1.54, 1.807) is 66.7 Å². The van der Waals surface area contributed by atoms with E-state index in [0.29, 0.717) is 43.0 Å². The Kier molecular flexibility index (Phi) is 21.6. The van der Waals surface area contributed by atoms with E-state index >= 15 is 0 Å². The molecule has 414 valence electrons. The van der Waals surface area contributed by atoms with Crippen LogP contribution in [0.4, 0.5) is 0 Å². The first kappa shape index (κ1) is 60.4. The van der Waals surface area contributed by atoms with Crippen LogP contribution < -0.4 is 15.4 Å². The van der Waals surface area contributed by atoms with Crippen molar-refractivity contribution in [3.05, 3.63) is 114 Å². The monoisotopic (exact) mass is 1060 g/mol. The molecule has 17 nitrogen and oxygen atoms in total. The van der Waals surface area contributed by atoms with Gasteiger partial charge in [0, 0.05) is 44.0 Å². The van der Waals surface area contributed by atoms with Gasteiger partial charge < -0.3 is 39.5 Å². The average Bonchev–Trinajstić information content (AvgIpc) is 3.65. The van der Waals surface area contributed by atoms with Crippen LogP contribution in [0, 0.1) is 11.8 Å². The number of rotatable bonds is 27. The highest BCUT2D eigenvalue weighted by molar-refractivity contribution is 5.97. The van der Waals surface area contributed by atoms with Gasteiger partial charge in [0.2, 0.25) is 17.7 Å². The molecule has 0 aliphatic carbocycles. The molecule has 0 saturated carbocycles. The lowest BCUT2D eigenvalue weighted by Gasteiger charge is -2.26. The number of benzene rings is 3. The van der Waals surface area contributed by atoms with Crippen molar-refractivity contribution >= 4 is 46.9 Å². The Labute approximate surface area is 452 Å². The quantitative estimate of drug-likeness (QED) is 0.0253. The van der Waals surface area contributed by atoms with Crippen LogP contribution in [0.5, 0.6) is 11.6 Å². The van der Waals surface area contributed by atoms with Crippen LogP contribution in [-0.2, 0) is 60.6 Å². The first-order valence-corrected chi connectivity index (χ1v) is 26.4. The maximum absolute atomic E-state index is 14.1. The number of fused-ring (bicyclic) bond motifs is 1. The first-order valence-electron chi connectivity index (χ1n) is 26.4. The van der Waals surface area contributed by atoms with E-state index in [4.69, 9.17) is 28.9 Å². The Bertz CT molecular complexity index is 2820. The fraction of sp³-hybridized carbons (Fsp3) is 0.483. The molecular weight excluding hydrogens is 983 g/mol. The molecule has 5 rings (SSSR count). The van der Waals surface area contributed by atoms with E-state index in [9.17, 15) is 38.7 Å². The molecule has 2 amide bonds. The number of unbranched alkanes of at least 4 members (excludes halogenated alkanes) is 3. The molecule has 17 heteroatoms. The van der Waals surface area contributed by atoms with Crippen molar-refractivity contribution < 1.29 is 57.6 Å². The molecule has 0 aliphatic rings. The van der Waals surface area contributed by atoms with Gasteiger partial charge in [-0.05, 0) is 105 Å². The number of carbonyl (C=O) groups excluding carboxylic acids is 7. The van der Waals surface area contributed by atoms with Crippen LogP contribution in [0.15, 0.2) is 91.1 Å². The Morgan fingerprint density at radius 1 is 0.597 bits per heavy atom. The van der Waals surface area contributed by atoms with Crippen LogP contribution in [0.1, 0.15) is 150 Å². The summed E-state index contributed by atoms with van der Waals surface area (Å²) in [7, 11) is 0. The summed E-state index contributed by atoms with van der Waals surface area (Å²) in [6.45, 7) is 16.8. The van der Waals surface area contributed by atoms with Crippen molar-refractivity contribution in [3.63, 3.8) is 0 Å². The largest absolute Gasteiger partial charge is 0.494 e. The minimum atomic E-state index is -1.53. The smallest absolute Gasteiger partial charge is 0.308 e. The molecule has 0 radical (unpaired) electrons. The number of hydrogen-bond acceptors (Lipinski definition) is 14. The average molecular weight is 1060 g/mol. The van der Waals surface area contributed by atoms with Crippen molar-refractivity contribution in [1.82, 2.24) is 25.0 Å². The first-order chi connectivity index (χ1) is 36.2. The lowest BCUT2D eigenvalue weighted by Crippen LogP contribution is -2.47. The zero-order valence-corrected chi connectivity index (χ0v) is 46.4. The minimum Gasteiger partial charge on any atom is -0.494 e. The number of carbonyl (C=O) groups is 7. The van der Waals surface area contributed by atoms with E-state index < -0.39 is 102 Å². The SMILES string of the molecule is CC(=O)C[C@@H](CC(=O)OC(C)(C)C)C(=O)N[C@@H](CC(=O)OC(C)(C)C)C(=O)C[C@@H](CC(=O)OC(C)(C)C)C(=O)NCCCCCCOc1cccc(Cc2nc3c(Cc4ccccc4)nc(-c4ccccc4)cn3c2O)c1. The lowest BCUT2D eigenvalue weighted by atomic mass is 9.92. The highest BCUT2D eigenvalue weighted by Crippen LogP contribution is 2.29. The molecule has 3 N–H and O–H groups in total. The third kappa shape index (κ3) is 20.9. The zero-order chi connectivity index (χ0) is 56.5. The second-order valence-corrected chi connectivity index (χ2v) is 22.5. The number of nitrogens with zero attached hydrogens (tertiary/aromatic N) is 3. The molecule has 0 spiro atoms. The van der Waals surface area contributed by atoms with Crippen molar-refractivity contribution in [2.75, 3.05) is 13.2 Å². The topological polar surface area (TPSA) is 231 Å². The second kappa shape index (κ2) is 27.6. The number of Topliss-reactive ketones (excluding diaryl/α,β-unsaturated/α-hetero) is 2. The molecular formula is C60H77N5O12. The third-order valence-electron chi connectivity index (χ3n) is 11.8. The Hall–Kier alpha value is -7.43. The summed E-state index contributed by atoms with van der Waals surface area (Å²) in [4.78, 5) is 103. The number of hydrogen-bond donors (Lipinski definition) is 3. The molecule has 0 bridgehead atoms. The zero-order valence-electron chi connectivity index (χ0n) is 46.4. The highest BCUT2D eigenvalue weighted by atomic mass is 16.6. The fourth-order valence-corrected chi connectivity index (χ4v) is 8.48. The molecule has 0 saturated heterocycles. The Balaban J connectivity index is 1.17. The number of ketones is 2. The normalized spacial score (nSPS) is 13.0. The number of aromatic hydroxyl groups is 1. The summed E-state index contributed by atoms with van der Waals surface area (Å²) in [6.07, 6.45) is 3.09. The van der Waals surface area contributed by atoms with Gasteiger partial charge in [0.25, 0.3) is 0 Å². The van der Waals surface area contributed by atoms with Gasteiger partial charge in [0.15, 0.2) is 11.4 Å². The van der Waals surface area contributed by atoms with Gasteiger partial charge in [0.1, 0.15) is 34.0 Å². The maximum Gasteiger partial charge on any atom is 0.308 e. The van der Waals surface area contributed by atoms with Crippen LogP contribution in [0.2, 0.25) is 0 Å². The predicted octanol–water partition coefficient (Wildman–Crippen LogP) is 9.19. The minimum absolute atomic E-state index is 0.0449. The predicted molar refractivity (Wildman–Crippen MR) is 291 cm³/mol. The van der Waals surface area contributed by atoms with Crippen LogP contribution in [-0.4, -0.2) is 96.8 Å². The molecule has 2 heterocycles. The van der Waals surface area contributed by atoms with Gasteiger partial charge in [-0.25, -0.2) is 9.97 Å². The molecule has 3 aromatic carbocycles. The van der Waals surface area contributed by atoms with Crippen molar-refractivity contribution in [2.24, 2.45) is 11.8 Å². The molecule has 2 aromatic heterocycles. The maximum atomic E-state index is 14.1. The molecule has 5 aromatic rings. The lowest BCUT2D eigenvalue weighted by molar-refractivity contribution is -0.159. The van der Waals surface area contributed by atoms with E-state index in [-0.39, 0.29) is 18.8 Å². The molecule has 0 unspecified atom stereocenters. The van der Waals surface area contributed by atoms with Crippen molar-refractivity contribution in [2.45, 2.75) is 163 Å². The van der Waals surface area contributed by atoms with E-state index in [1.807, 2.05) is 91.1 Å². The second-order valence-electron chi connectivity index (χ2n) is 22.5. The molecule has 77 heavy (non-hydrogen) atoms. The van der Waals surface area contributed by atoms with E-state index in [1.165, 1.54) is 6.92 Å². The Morgan fingerprint density at radius 2 is 1.14 bits per heavy atom. The summed E-state index contributed by atoms with van der Waals surface area (Å²) in [5.74, 6) is -6.57.